The number of sulfonamides is 1. The molecule has 5 rings (SSSR count). The molecule has 2 heterocycles. The second-order valence-corrected chi connectivity index (χ2v) is 10.9. The molecule has 3 aromatic carbocycles. The quantitative estimate of drug-likeness (QED) is 0.274. The number of H-pyrrole nitrogens is 1. The van der Waals surface area contributed by atoms with E-state index in [0.29, 0.717) is 28.3 Å². The van der Waals surface area contributed by atoms with Gasteiger partial charge in [0.15, 0.2) is 11.2 Å². The number of anilines is 1. The monoisotopic (exact) mass is 533 g/mol. The Morgan fingerprint density at radius 2 is 1.76 bits per heavy atom. The van der Waals surface area contributed by atoms with Crippen molar-refractivity contribution in [3.8, 4) is 11.5 Å². The molecule has 0 radical (unpaired) electrons. The van der Waals surface area contributed by atoms with Crippen molar-refractivity contribution in [1.82, 2.24) is 9.71 Å². The second kappa shape index (κ2) is 9.46. The minimum absolute atomic E-state index is 0.0848. The maximum atomic E-state index is 14.7. The van der Waals surface area contributed by atoms with Gasteiger partial charge in [0.05, 0.1) is 28.9 Å². The van der Waals surface area contributed by atoms with Crippen LogP contribution in [0.1, 0.15) is 34.5 Å². The molecule has 0 saturated heterocycles. The van der Waals surface area contributed by atoms with Crippen LogP contribution in [0.2, 0.25) is 0 Å². The number of nitrogens with one attached hydrogen (secondary N) is 3. The summed E-state index contributed by atoms with van der Waals surface area (Å²) in [5.74, 6) is -1.09. The van der Waals surface area contributed by atoms with Crippen LogP contribution < -0.4 is 15.5 Å². The zero-order valence-electron chi connectivity index (χ0n) is 20.8. The highest BCUT2D eigenvalue weighted by Crippen LogP contribution is 2.33. The highest BCUT2D eigenvalue weighted by Gasteiger charge is 2.22. The van der Waals surface area contributed by atoms with Gasteiger partial charge in [-0.05, 0) is 50.2 Å². The largest absolute Gasteiger partial charge is 0.454 e. The molecule has 0 aliphatic carbocycles. The third kappa shape index (κ3) is 4.78. The molecule has 0 aliphatic rings. The number of halogens is 1. The van der Waals surface area contributed by atoms with E-state index in [-0.39, 0.29) is 22.0 Å². The molecule has 2 aromatic heterocycles. The van der Waals surface area contributed by atoms with E-state index in [9.17, 15) is 22.4 Å². The lowest BCUT2D eigenvalue weighted by molar-refractivity contribution is 0.0982. The van der Waals surface area contributed by atoms with Crippen LogP contribution in [0, 0.1) is 12.7 Å². The molecule has 3 N–H and O–H groups in total. The van der Waals surface area contributed by atoms with Crippen molar-refractivity contribution in [3.63, 3.8) is 0 Å². The number of carbonyl (C=O) groups excluding carboxylic acids is 1. The van der Waals surface area contributed by atoms with Gasteiger partial charge in [0.2, 0.25) is 10.0 Å². The van der Waals surface area contributed by atoms with Gasteiger partial charge in [-0.2, -0.15) is 0 Å². The summed E-state index contributed by atoms with van der Waals surface area (Å²) in [6.07, 6.45) is 0.886. The smallest absolute Gasteiger partial charge is 0.266 e. The lowest BCUT2D eigenvalue weighted by Gasteiger charge is -2.20. The summed E-state index contributed by atoms with van der Waals surface area (Å²) >= 11 is 0. The fraction of sp³-hybridized carbons (Fsp3) is 0.143. The first-order chi connectivity index (χ1) is 18.0. The summed E-state index contributed by atoms with van der Waals surface area (Å²) in [6.45, 7) is 3.36. The minimum atomic E-state index is -3.78. The highest BCUT2D eigenvalue weighted by atomic mass is 32.2. The Labute approximate surface area is 217 Å². The van der Waals surface area contributed by atoms with Crippen molar-refractivity contribution in [1.29, 1.82) is 0 Å². The molecular weight excluding hydrogens is 509 g/mol. The van der Waals surface area contributed by atoms with Crippen molar-refractivity contribution in [2.45, 2.75) is 19.9 Å². The third-order valence-electron chi connectivity index (χ3n) is 6.28. The molecule has 38 heavy (non-hydrogen) atoms. The Morgan fingerprint density at radius 1 is 1.05 bits per heavy atom. The molecule has 0 fully saturated rings. The number of rotatable bonds is 6. The van der Waals surface area contributed by atoms with Crippen molar-refractivity contribution >= 4 is 43.5 Å². The zero-order valence-corrected chi connectivity index (χ0v) is 21.6. The maximum absolute atomic E-state index is 14.7. The lowest BCUT2D eigenvalue weighted by Crippen LogP contribution is -2.30. The van der Waals surface area contributed by atoms with E-state index >= 15 is 0 Å². The summed E-state index contributed by atoms with van der Waals surface area (Å²) in [5, 5.41) is 4.17. The summed E-state index contributed by atoms with van der Waals surface area (Å²) in [7, 11) is -3.78. The van der Waals surface area contributed by atoms with Gasteiger partial charge >= 0.3 is 0 Å². The van der Waals surface area contributed by atoms with E-state index in [2.05, 4.69) is 10.3 Å². The first-order valence-electron chi connectivity index (χ1n) is 11.7. The third-order valence-corrected chi connectivity index (χ3v) is 6.83. The molecule has 1 unspecified atom stereocenters. The number of benzene rings is 3. The number of fused-ring (bicyclic) bond motifs is 2. The number of aromatic amines is 1. The zero-order chi connectivity index (χ0) is 27.2. The number of hydrogen-bond acceptors (Lipinski definition) is 6. The molecule has 8 nitrogen and oxygen atoms in total. The van der Waals surface area contributed by atoms with Crippen LogP contribution in [-0.2, 0) is 10.0 Å². The molecule has 0 bridgehead atoms. The summed E-state index contributed by atoms with van der Waals surface area (Å²) < 4.78 is 46.1. The van der Waals surface area contributed by atoms with E-state index in [1.807, 2.05) is 35.1 Å². The normalized spacial score (nSPS) is 12.5. The number of amides is 1. The average Bonchev–Trinajstić information content (AvgIpc) is 3.29. The second-order valence-electron chi connectivity index (χ2n) is 9.14. The van der Waals surface area contributed by atoms with Crippen LogP contribution in [0.3, 0.4) is 0 Å². The molecular formula is C28H24FN3O5S. The average molecular weight is 534 g/mol. The van der Waals surface area contributed by atoms with Crippen molar-refractivity contribution in [2.75, 3.05) is 11.6 Å². The van der Waals surface area contributed by atoms with Gasteiger partial charge in [0.1, 0.15) is 11.4 Å². The first-order valence-corrected chi connectivity index (χ1v) is 13.6. The van der Waals surface area contributed by atoms with Gasteiger partial charge in [0.25, 0.3) is 5.91 Å². The van der Waals surface area contributed by atoms with Crippen LogP contribution in [0.25, 0.3) is 33.3 Å². The fourth-order valence-electron chi connectivity index (χ4n) is 4.50. The molecule has 0 aliphatic heterocycles. The Kier molecular flexibility index (Phi) is 6.28. The molecule has 5 aromatic rings. The molecule has 10 heteroatoms. The van der Waals surface area contributed by atoms with Gasteiger partial charge in [-0.1, -0.05) is 30.3 Å². The molecule has 194 valence electrons. The van der Waals surface area contributed by atoms with Gasteiger partial charge in [-0.25, -0.2) is 17.5 Å². The number of carbonyl (C=O) groups is 1. The lowest BCUT2D eigenvalue weighted by atomic mass is 10.0. The number of para-hydroxylation sites is 2. The summed E-state index contributed by atoms with van der Waals surface area (Å²) in [6, 6.07) is 17.7. The van der Waals surface area contributed by atoms with E-state index in [1.165, 1.54) is 12.1 Å². The van der Waals surface area contributed by atoms with Crippen molar-refractivity contribution in [3.05, 3.63) is 99.5 Å². The van der Waals surface area contributed by atoms with Crippen LogP contribution in [0.5, 0.6) is 0 Å². The maximum Gasteiger partial charge on any atom is 0.266 e. The highest BCUT2D eigenvalue weighted by molar-refractivity contribution is 7.89. The predicted octanol–water partition coefficient (Wildman–Crippen LogP) is 5.25. The van der Waals surface area contributed by atoms with Crippen molar-refractivity contribution < 1.29 is 22.0 Å². The molecule has 1 atom stereocenters. The molecule has 0 spiro atoms. The van der Waals surface area contributed by atoms with Crippen LogP contribution in [0.4, 0.5) is 10.1 Å². The fourth-order valence-corrected chi connectivity index (χ4v) is 4.94. The summed E-state index contributed by atoms with van der Waals surface area (Å²) in [5.41, 5.74) is 2.43. The topological polar surface area (TPSA) is 121 Å². The van der Waals surface area contributed by atoms with Gasteiger partial charge in [0, 0.05) is 27.7 Å². The standard InChI is InChI=1S/C28H24FN3O5S/c1-15-25(33)21-14-18(29)13-20(27(21)37-26(15)24-12-17-8-4-6-10-22(17)31-24)16(2)30-23-11-7-5-9-19(23)28(34)32-38(3,35)36/h4-14,16,30-31H,1-3H3,(H,32,34). The Hall–Kier alpha value is -4.44. The van der Waals surface area contributed by atoms with Crippen LogP contribution in [-0.4, -0.2) is 25.6 Å². The van der Waals surface area contributed by atoms with Crippen molar-refractivity contribution in [2.24, 2.45) is 0 Å². The van der Waals surface area contributed by atoms with Gasteiger partial charge in [-0.15, -0.1) is 0 Å². The van der Waals surface area contributed by atoms with Gasteiger partial charge < -0.3 is 14.7 Å². The van der Waals surface area contributed by atoms with Gasteiger partial charge in [-0.3, -0.25) is 9.59 Å². The minimum Gasteiger partial charge on any atom is -0.454 e. The van der Waals surface area contributed by atoms with E-state index in [4.69, 9.17) is 4.42 Å². The predicted molar refractivity (Wildman–Crippen MR) is 145 cm³/mol. The van der Waals surface area contributed by atoms with E-state index in [0.717, 1.165) is 23.2 Å². The van der Waals surface area contributed by atoms with Crippen LogP contribution >= 0.6 is 0 Å². The molecule has 1 amide bonds. The first kappa shape index (κ1) is 25.2. The Balaban J connectivity index is 1.62. The Morgan fingerprint density at radius 3 is 2.50 bits per heavy atom. The summed E-state index contributed by atoms with van der Waals surface area (Å²) in [4.78, 5) is 29.2. The Bertz CT molecular complexity index is 1860. The SMILES string of the molecule is Cc1c(-c2cc3ccccc3[nH]2)oc2c(C(C)Nc3ccccc3C(=O)NS(C)(=O)=O)cc(F)cc2c1=O. The van der Waals surface area contributed by atoms with E-state index in [1.54, 1.807) is 32.0 Å². The number of aromatic nitrogens is 1. The number of hydrogen-bond donors (Lipinski definition) is 3. The molecule has 0 saturated carbocycles. The van der Waals surface area contributed by atoms with Crippen LogP contribution in [0.15, 0.2) is 75.9 Å². The van der Waals surface area contributed by atoms with E-state index < -0.39 is 27.8 Å².